The number of hydrogen-bond acceptors (Lipinski definition) is 14. The van der Waals surface area contributed by atoms with Gasteiger partial charge in [-0.05, 0) is 56.4 Å². The highest BCUT2D eigenvalue weighted by molar-refractivity contribution is 6.23. The van der Waals surface area contributed by atoms with E-state index in [1.165, 1.54) is 31.3 Å². The molecule has 360 valence electrons. The van der Waals surface area contributed by atoms with Gasteiger partial charge in [0.05, 0.1) is 42.2 Å². The lowest BCUT2D eigenvalue weighted by Crippen LogP contribution is -2.54. The standard InChI is InChI=1S/C46H52F3N11O8/c1-55-35-24-50-45(54-39(35)59(27-5-3-4-6-27)25-46(48,49)44(55)67)52-33-23-32(47)31(22-36(33)68-2)40(63)51-26-11-15-58(16-12-26)38(62)13-14-56-17-19-57(20-18-56)28-7-8-29-30(21-28)43(66)60(42(29)65)34-9-10-37(61)53-41(34)64/h7-8,21-24,26-27,34H,3-6,9-20,25H2,1-2H3,(H,51,63)(H,50,52,54)(H,53,61,64). The topological polar surface area (TPSA) is 210 Å². The number of likely N-dealkylation sites (tertiary alicyclic amines) is 1. The molecule has 0 spiro atoms. The Kier molecular flexibility index (Phi) is 12.7. The van der Waals surface area contributed by atoms with Gasteiger partial charge in [-0.2, -0.15) is 13.8 Å². The summed E-state index contributed by atoms with van der Waals surface area (Å²) in [5.74, 6) is -8.55. The summed E-state index contributed by atoms with van der Waals surface area (Å²) in [6.45, 7) is 3.10. The second kappa shape index (κ2) is 18.7. The molecule has 1 unspecified atom stereocenters. The number of halogens is 3. The van der Waals surface area contributed by atoms with Crippen molar-refractivity contribution in [3.8, 4) is 5.75 Å². The highest BCUT2D eigenvalue weighted by atomic mass is 19.3. The number of rotatable bonds is 11. The molecule has 5 aliphatic heterocycles. The van der Waals surface area contributed by atoms with E-state index in [-0.39, 0.29) is 76.4 Å². The molecular weight excluding hydrogens is 892 g/mol. The van der Waals surface area contributed by atoms with E-state index in [4.69, 9.17) is 4.74 Å². The first-order valence-electron chi connectivity index (χ1n) is 23.0. The van der Waals surface area contributed by atoms with Crippen LogP contribution < -0.4 is 35.4 Å². The van der Waals surface area contributed by atoms with Crippen LogP contribution in [0.1, 0.15) is 88.9 Å². The third-order valence-electron chi connectivity index (χ3n) is 13.9. The summed E-state index contributed by atoms with van der Waals surface area (Å²) in [5.41, 5.74) is 1.15. The van der Waals surface area contributed by atoms with Crippen molar-refractivity contribution in [2.75, 3.05) is 86.5 Å². The zero-order valence-electron chi connectivity index (χ0n) is 37.7. The van der Waals surface area contributed by atoms with Gasteiger partial charge >= 0.3 is 5.92 Å². The predicted molar refractivity (Wildman–Crippen MR) is 240 cm³/mol. The van der Waals surface area contributed by atoms with Gasteiger partial charge in [-0.25, -0.2) is 9.37 Å². The molecule has 6 heterocycles. The number of fused-ring (bicyclic) bond motifs is 2. The van der Waals surface area contributed by atoms with E-state index in [0.29, 0.717) is 77.9 Å². The van der Waals surface area contributed by atoms with Gasteiger partial charge in [0.1, 0.15) is 23.3 Å². The highest BCUT2D eigenvalue weighted by Gasteiger charge is 2.49. The summed E-state index contributed by atoms with van der Waals surface area (Å²) in [6, 6.07) is 5.78. The number of carbonyl (C=O) groups is 7. The van der Waals surface area contributed by atoms with Crippen molar-refractivity contribution in [1.29, 1.82) is 0 Å². The molecule has 22 heteroatoms. The molecule has 19 nitrogen and oxygen atoms in total. The molecule has 68 heavy (non-hydrogen) atoms. The molecule has 2 aromatic carbocycles. The van der Waals surface area contributed by atoms with Crippen molar-refractivity contribution in [2.24, 2.45) is 0 Å². The maximum atomic E-state index is 15.7. The number of carbonyl (C=O) groups excluding carboxylic acids is 7. The maximum Gasteiger partial charge on any atom is 0.342 e. The number of aromatic nitrogens is 2. The fourth-order valence-electron chi connectivity index (χ4n) is 10.1. The number of amides is 7. The number of imide groups is 2. The van der Waals surface area contributed by atoms with Gasteiger partial charge in [-0.15, -0.1) is 0 Å². The quantitative estimate of drug-likeness (QED) is 0.236. The molecule has 0 radical (unpaired) electrons. The SMILES string of the molecule is COc1cc(C(=O)NC2CCN(C(=O)CCN3CCN(c4ccc5c(c4)C(=O)N(C4CCC(=O)NC4=O)C5=O)CC3)CC2)c(F)cc1Nc1ncc2c(n1)N(C1CCCC1)CC(F)(F)C(=O)N2C. The van der Waals surface area contributed by atoms with Crippen molar-refractivity contribution >= 4 is 70.2 Å². The summed E-state index contributed by atoms with van der Waals surface area (Å²) in [7, 11) is 2.60. The number of piperazine rings is 1. The molecular formula is C46H52F3N11O8. The fourth-order valence-corrected chi connectivity index (χ4v) is 10.1. The summed E-state index contributed by atoms with van der Waals surface area (Å²) in [6.07, 6.45) is 5.68. The van der Waals surface area contributed by atoms with Crippen LogP contribution in [-0.4, -0.2) is 157 Å². The molecule has 4 fully saturated rings. The number of benzene rings is 2. The lowest BCUT2D eigenvalue weighted by atomic mass is 10.0. The molecule has 3 saturated heterocycles. The van der Waals surface area contributed by atoms with Crippen LogP contribution in [0.4, 0.5) is 42.0 Å². The van der Waals surface area contributed by atoms with Crippen molar-refractivity contribution in [1.82, 2.24) is 35.3 Å². The Bertz CT molecular complexity index is 2560. The van der Waals surface area contributed by atoms with Gasteiger partial charge in [-0.3, -0.25) is 48.7 Å². The van der Waals surface area contributed by atoms with E-state index in [1.807, 2.05) is 0 Å². The van der Waals surface area contributed by atoms with E-state index < -0.39 is 59.8 Å². The van der Waals surface area contributed by atoms with Crippen LogP contribution >= 0.6 is 0 Å². The minimum Gasteiger partial charge on any atom is -0.495 e. The Hall–Kier alpha value is -6.84. The number of methoxy groups -OCH3 is 1. The molecule has 6 aliphatic rings. The monoisotopic (exact) mass is 943 g/mol. The van der Waals surface area contributed by atoms with Crippen LogP contribution in [0.5, 0.6) is 5.75 Å². The molecule has 1 aromatic heterocycles. The number of nitrogens with zero attached hydrogens (tertiary/aromatic N) is 8. The molecule has 9 rings (SSSR count). The summed E-state index contributed by atoms with van der Waals surface area (Å²) in [5, 5.41) is 7.99. The third-order valence-corrected chi connectivity index (χ3v) is 13.9. The Labute approximate surface area is 389 Å². The number of alkyl halides is 2. The summed E-state index contributed by atoms with van der Waals surface area (Å²) in [4.78, 5) is 108. The van der Waals surface area contributed by atoms with E-state index in [1.54, 1.807) is 23.1 Å². The van der Waals surface area contributed by atoms with Gasteiger partial charge in [0, 0.05) is 89.5 Å². The minimum atomic E-state index is -3.65. The Morgan fingerprint density at radius 3 is 2.34 bits per heavy atom. The zero-order chi connectivity index (χ0) is 48.0. The van der Waals surface area contributed by atoms with E-state index >= 15 is 13.2 Å². The van der Waals surface area contributed by atoms with Crippen LogP contribution in [0.25, 0.3) is 0 Å². The van der Waals surface area contributed by atoms with Crippen LogP contribution in [-0.2, 0) is 19.2 Å². The average molecular weight is 944 g/mol. The minimum absolute atomic E-state index is 0.0124. The lowest BCUT2D eigenvalue weighted by Gasteiger charge is -2.37. The van der Waals surface area contributed by atoms with E-state index in [9.17, 15) is 33.6 Å². The summed E-state index contributed by atoms with van der Waals surface area (Å²) >= 11 is 0. The van der Waals surface area contributed by atoms with Crippen molar-refractivity contribution < 1.29 is 51.5 Å². The largest absolute Gasteiger partial charge is 0.495 e. The molecule has 3 aromatic rings. The first kappa shape index (κ1) is 46.3. The highest BCUT2D eigenvalue weighted by Crippen LogP contribution is 2.40. The lowest BCUT2D eigenvalue weighted by molar-refractivity contribution is -0.140. The van der Waals surface area contributed by atoms with Gasteiger partial charge in [0.25, 0.3) is 23.6 Å². The summed E-state index contributed by atoms with van der Waals surface area (Å²) < 4.78 is 51.3. The van der Waals surface area contributed by atoms with Crippen LogP contribution in [0.15, 0.2) is 36.5 Å². The van der Waals surface area contributed by atoms with Crippen molar-refractivity contribution in [3.05, 3.63) is 59.0 Å². The van der Waals surface area contributed by atoms with E-state index in [2.05, 4.69) is 35.7 Å². The number of ether oxygens (including phenoxy) is 1. The maximum absolute atomic E-state index is 15.7. The second-order valence-corrected chi connectivity index (χ2v) is 18.1. The predicted octanol–water partition coefficient (Wildman–Crippen LogP) is 3.06. The first-order valence-corrected chi connectivity index (χ1v) is 23.0. The molecule has 1 atom stereocenters. The molecule has 1 aliphatic carbocycles. The van der Waals surface area contributed by atoms with Gasteiger partial charge in [-0.1, -0.05) is 12.8 Å². The van der Waals surface area contributed by atoms with Gasteiger partial charge in [0.15, 0.2) is 5.82 Å². The fraction of sp³-hybridized carbons (Fsp3) is 0.500. The first-order chi connectivity index (χ1) is 32.6. The van der Waals surface area contributed by atoms with E-state index in [0.717, 1.165) is 34.4 Å². The average Bonchev–Trinajstić information content (AvgIpc) is 3.94. The second-order valence-electron chi connectivity index (χ2n) is 18.1. The third kappa shape index (κ3) is 8.99. The zero-order valence-corrected chi connectivity index (χ0v) is 37.7. The number of nitrogens with one attached hydrogen (secondary N) is 3. The van der Waals surface area contributed by atoms with Crippen molar-refractivity contribution in [2.45, 2.75) is 81.8 Å². The van der Waals surface area contributed by atoms with Gasteiger partial charge in [0.2, 0.25) is 23.7 Å². The molecule has 1 saturated carbocycles. The normalized spacial score (nSPS) is 21.5. The molecule has 3 N–H and O–H groups in total. The van der Waals surface area contributed by atoms with Gasteiger partial charge < -0.3 is 35.0 Å². The Morgan fingerprint density at radius 1 is 0.912 bits per heavy atom. The van der Waals surface area contributed by atoms with Crippen molar-refractivity contribution in [3.63, 3.8) is 0 Å². The van der Waals surface area contributed by atoms with Crippen LogP contribution in [0.3, 0.4) is 0 Å². The Balaban J connectivity index is 0.746. The Morgan fingerprint density at radius 2 is 1.63 bits per heavy atom. The molecule has 0 bridgehead atoms. The van der Waals surface area contributed by atoms with Crippen LogP contribution in [0, 0.1) is 5.82 Å². The smallest absolute Gasteiger partial charge is 0.342 e. The number of hydrogen-bond donors (Lipinski definition) is 3. The van der Waals surface area contributed by atoms with Crippen LogP contribution in [0.2, 0.25) is 0 Å². The number of piperidine rings is 2. The molecule has 7 amide bonds. The number of anilines is 5.